The summed E-state index contributed by atoms with van der Waals surface area (Å²) in [5, 5.41) is 24.2. The van der Waals surface area contributed by atoms with Crippen LogP contribution in [0.2, 0.25) is 0 Å². The van der Waals surface area contributed by atoms with Crippen LogP contribution < -0.4 is 0 Å². The Morgan fingerprint density at radius 2 is 0.864 bits per heavy atom. The van der Waals surface area contributed by atoms with E-state index in [2.05, 4.69) is 114 Å². The molecule has 0 fully saturated rings. The first-order valence-corrected chi connectivity index (χ1v) is 22.4. The van der Waals surface area contributed by atoms with Gasteiger partial charge in [0.1, 0.15) is 0 Å². The van der Waals surface area contributed by atoms with Gasteiger partial charge in [-0.05, 0) is 100 Å². The van der Waals surface area contributed by atoms with Crippen molar-refractivity contribution >= 4 is 53.3 Å². The van der Waals surface area contributed by atoms with Crippen LogP contribution >= 0.6 is 11.3 Å². The molecule has 9 aromatic carbocycles. The Kier molecular flexibility index (Phi) is 9.35. The van der Waals surface area contributed by atoms with Crippen molar-refractivity contribution < 1.29 is 0 Å². The Morgan fingerprint density at radius 1 is 0.364 bits per heavy atom. The number of hydrogen-bond donors (Lipinski definition) is 0. The third-order valence-corrected chi connectivity index (χ3v) is 13.5. The van der Waals surface area contributed by atoms with Crippen LogP contribution in [-0.2, 0) is 0 Å². The second-order valence-electron chi connectivity index (χ2n) is 16.2. The Bertz CT molecular complexity index is 3790. The van der Waals surface area contributed by atoms with Crippen molar-refractivity contribution in [1.29, 1.82) is 10.5 Å². The van der Waals surface area contributed by atoms with Crippen molar-refractivity contribution in [3.05, 3.63) is 217 Å². The van der Waals surface area contributed by atoms with E-state index in [4.69, 9.17) is 15.0 Å². The summed E-state index contributed by atoms with van der Waals surface area (Å²) < 4.78 is 4.79. The third-order valence-electron chi connectivity index (χ3n) is 12.3. The molecule has 0 aliphatic carbocycles. The second-order valence-corrected chi connectivity index (χ2v) is 17.3. The minimum absolute atomic E-state index is 0.549. The molecular weight excluding hydrogens is 825 g/mol. The molecule has 0 spiro atoms. The number of nitrogens with zero attached hydrogens (tertiary/aromatic N) is 6. The zero-order valence-corrected chi connectivity index (χ0v) is 36.0. The van der Waals surface area contributed by atoms with Gasteiger partial charge < -0.3 is 4.57 Å². The maximum absolute atomic E-state index is 9.80. The molecule has 0 saturated heterocycles. The third kappa shape index (κ3) is 6.67. The van der Waals surface area contributed by atoms with Gasteiger partial charge in [0.2, 0.25) is 0 Å². The van der Waals surface area contributed by atoms with Gasteiger partial charge in [0.05, 0.1) is 40.0 Å². The van der Waals surface area contributed by atoms with Gasteiger partial charge in [-0.25, -0.2) is 15.0 Å². The number of aromatic nitrogens is 4. The highest BCUT2D eigenvalue weighted by molar-refractivity contribution is 7.26. The van der Waals surface area contributed by atoms with Crippen molar-refractivity contribution in [3.63, 3.8) is 0 Å². The molecule has 12 rings (SSSR count). The van der Waals surface area contributed by atoms with Gasteiger partial charge in [-0.15, -0.1) is 11.3 Å². The lowest BCUT2D eigenvalue weighted by molar-refractivity contribution is 1.06. The summed E-state index contributed by atoms with van der Waals surface area (Å²) in [6, 6.07) is 75.1. The lowest BCUT2D eigenvalue weighted by atomic mass is 9.99. The summed E-state index contributed by atoms with van der Waals surface area (Å²) in [6.45, 7) is 0. The zero-order valence-electron chi connectivity index (χ0n) is 35.2. The van der Waals surface area contributed by atoms with Crippen LogP contribution in [0.5, 0.6) is 0 Å². The second kappa shape index (κ2) is 16.0. The number of rotatable bonds is 7. The molecule has 0 aliphatic rings. The van der Waals surface area contributed by atoms with Crippen LogP contribution in [-0.4, -0.2) is 19.5 Å². The SMILES string of the molecule is N#Cc1cccc(-c2ccc3c(c2)c2cc(-c4cccc(C#N)c4)ccc2n3-c2ccc(-c3cccc4c3sc3ccccc34)cc2-c2nc(-c3ccccc3)nc(-c3ccccc3)n2)c1. The van der Waals surface area contributed by atoms with E-state index in [1.807, 2.05) is 121 Å². The van der Waals surface area contributed by atoms with E-state index >= 15 is 0 Å². The van der Waals surface area contributed by atoms with Crippen LogP contribution in [0.1, 0.15) is 11.1 Å². The van der Waals surface area contributed by atoms with Crippen LogP contribution in [0.3, 0.4) is 0 Å². The number of fused-ring (bicyclic) bond motifs is 6. The monoisotopic (exact) mass is 858 g/mol. The summed E-state index contributed by atoms with van der Waals surface area (Å²) in [7, 11) is 0. The van der Waals surface area contributed by atoms with Crippen molar-refractivity contribution in [2.45, 2.75) is 0 Å². The number of hydrogen-bond acceptors (Lipinski definition) is 6. The van der Waals surface area contributed by atoms with E-state index in [-0.39, 0.29) is 0 Å². The highest BCUT2D eigenvalue weighted by Gasteiger charge is 2.22. The molecule has 0 saturated carbocycles. The van der Waals surface area contributed by atoms with E-state index in [0.717, 1.165) is 77.6 Å². The minimum atomic E-state index is 0.549. The largest absolute Gasteiger partial charge is 0.308 e. The maximum atomic E-state index is 9.80. The zero-order chi connectivity index (χ0) is 44.1. The fraction of sp³-hybridized carbons (Fsp3) is 0. The molecule has 0 amide bonds. The summed E-state index contributed by atoms with van der Waals surface area (Å²) in [6.07, 6.45) is 0. The Labute approximate surface area is 384 Å². The predicted octanol–water partition coefficient (Wildman–Crippen LogP) is 15.1. The van der Waals surface area contributed by atoms with Gasteiger partial charge >= 0.3 is 0 Å². The van der Waals surface area contributed by atoms with Crippen molar-refractivity contribution in [2.75, 3.05) is 0 Å². The van der Waals surface area contributed by atoms with Crippen molar-refractivity contribution in [2.24, 2.45) is 0 Å². The van der Waals surface area contributed by atoms with Crippen LogP contribution in [0.15, 0.2) is 206 Å². The molecule has 3 heterocycles. The number of thiophene rings is 1. The fourth-order valence-corrected chi connectivity index (χ4v) is 10.4. The molecule has 0 unspecified atom stereocenters. The molecule has 0 aliphatic heterocycles. The first-order valence-electron chi connectivity index (χ1n) is 21.6. The van der Waals surface area contributed by atoms with E-state index in [0.29, 0.717) is 28.6 Å². The molecular formula is C59H34N6S. The quantitative estimate of drug-likeness (QED) is 0.159. The van der Waals surface area contributed by atoms with E-state index in [1.165, 1.54) is 20.2 Å². The average molecular weight is 859 g/mol. The number of benzene rings is 9. The van der Waals surface area contributed by atoms with Gasteiger partial charge in [0.15, 0.2) is 17.5 Å². The van der Waals surface area contributed by atoms with Gasteiger partial charge in [0, 0.05) is 47.6 Å². The molecule has 66 heavy (non-hydrogen) atoms. The lowest BCUT2D eigenvalue weighted by Crippen LogP contribution is -2.04. The molecule has 0 bridgehead atoms. The Morgan fingerprint density at radius 3 is 1.47 bits per heavy atom. The lowest BCUT2D eigenvalue weighted by Gasteiger charge is -2.17. The fourth-order valence-electron chi connectivity index (χ4n) is 9.16. The molecule has 0 N–H and O–H groups in total. The minimum Gasteiger partial charge on any atom is -0.308 e. The number of nitriles is 2. The van der Waals surface area contributed by atoms with Crippen molar-refractivity contribution in [3.8, 4) is 85.4 Å². The highest BCUT2D eigenvalue weighted by Crippen LogP contribution is 2.44. The highest BCUT2D eigenvalue weighted by atomic mass is 32.1. The standard InChI is InChI=1S/C59H34N6S/c60-35-37-12-9-18-41(30-37)43-24-27-52-49(32-43)50-33-44(42-19-10-13-38(31-42)36-61)25-28-53(50)65(52)54-29-26-45(46-21-11-22-48-47-20-7-8-23-55(47)66-56(46)48)34-51(54)59-63-57(39-14-3-1-4-15-39)62-58(64-59)40-16-5-2-6-17-40/h1-34H. The van der Waals surface area contributed by atoms with Crippen LogP contribution in [0.25, 0.3) is 115 Å². The van der Waals surface area contributed by atoms with E-state index in [9.17, 15) is 10.5 Å². The summed E-state index contributed by atoms with van der Waals surface area (Å²) >= 11 is 1.81. The normalized spacial score (nSPS) is 11.3. The predicted molar refractivity (Wildman–Crippen MR) is 269 cm³/mol. The van der Waals surface area contributed by atoms with Gasteiger partial charge in [-0.3, -0.25) is 0 Å². The van der Waals surface area contributed by atoms with Gasteiger partial charge in [-0.2, -0.15) is 10.5 Å². The molecule has 6 nitrogen and oxygen atoms in total. The molecule has 12 aromatic rings. The van der Waals surface area contributed by atoms with Gasteiger partial charge in [0.25, 0.3) is 0 Å². The summed E-state index contributed by atoms with van der Waals surface area (Å²) in [5.41, 5.74) is 12.8. The van der Waals surface area contributed by atoms with Crippen LogP contribution in [0, 0.1) is 22.7 Å². The average Bonchev–Trinajstić information content (AvgIpc) is 3.94. The molecule has 7 heteroatoms. The Balaban J connectivity index is 1.16. The molecule has 306 valence electrons. The first kappa shape index (κ1) is 38.6. The summed E-state index contributed by atoms with van der Waals surface area (Å²) in [5.74, 6) is 1.71. The van der Waals surface area contributed by atoms with E-state index < -0.39 is 0 Å². The summed E-state index contributed by atoms with van der Waals surface area (Å²) in [4.78, 5) is 15.7. The molecule has 0 radical (unpaired) electrons. The Hall–Kier alpha value is -9.01. The molecule has 0 atom stereocenters. The maximum Gasteiger partial charge on any atom is 0.166 e. The topological polar surface area (TPSA) is 91.2 Å². The van der Waals surface area contributed by atoms with Crippen LogP contribution in [0.4, 0.5) is 0 Å². The van der Waals surface area contributed by atoms with E-state index in [1.54, 1.807) is 0 Å². The van der Waals surface area contributed by atoms with Gasteiger partial charge in [-0.1, -0.05) is 140 Å². The smallest absolute Gasteiger partial charge is 0.166 e. The van der Waals surface area contributed by atoms with Crippen molar-refractivity contribution in [1.82, 2.24) is 19.5 Å². The first-order chi connectivity index (χ1) is 32.6. The molecule has 3 aromatic heterocycles.